The first kappa shape index (κ1) is 16.0. The van der Waals surface area contributed by atoms with Gasteiger partial charge in [-0.05, 0) is 70.7 Å². The van der Waals surface area contributed by atoms with Gasteiger partial charge >= 0.3 is 5.97 Å². The average molecular weight is 324 g/mol. The number of halogens is 1. The van der Waals surface area contributed by atoms with Crippen molar-refractivity contribution in [3.05, 3.63) is 70.5 Å². The van der Waals surface area contributed by atoms with Gasteiger partial charge in [0, 0.05) is 0 Å². The van der Waals surface area contributed by atoms with Crippen LogP contribution in [0.5, 0.6) is 5.75 Å². The highest BCUT2D eigenvalue weighted by Gasteiger charge is 2.25. The summed E-state index contributed by atoms with van der Waals surface area (Å²) in [6, 6.07) is 11.9. The first-order valence-corrected chi connectivity index (χ1v) is 7.57. The quantitative estimate of drug-likeness (QED) is 0.891. The number of rotatable bonds is 4. The van der Waals surface area contributed by atoms with Gasteiger partial charge in [-0.2, -0.15) is 0 Å². The zero-order valence-corrected chi connectivity index (χ0v) is 13.5. The molecule has 2 aromatic rings. The molecule has 0 bridgehead atoms. The summed E-state index contributed by atoms with van der Waals surface area (Å²) in [6.45, 7) is 1.92. The second-order valence-corrected chi connectivity index (χ2v) is 5.70. The third-order valence-corrected chi connectivity index (χ3v) is 4.21. The molecular weight excluding hydrogens is 307 g/mol. The van der Waals surface area contributed by atoms with Crippen LogP contribution in [-0.2, 0) is 4.79 Å². The van der Waals surface area contributed by atoms with Crippen molar-refractivity contribution < 1.29 is 19.0 Å². The molecule has 1 N–H and O–H groups in total. The molecule has 0 aromatic heterocycles. The van der Waals surface area contributed by atoms with Gasteiger partial charge in [-0.3, -0.25) is 4.79 Å². The smallest absolute Gasteiger partial charge is 0.307 e. The Morgan fingerprint density at radius 1 is 1.17 bits per heavy atom. The number of carboxylic acid groups (broad SMARTS) is 1. The molecule has 122 valence electrons. The minimum absolute atomic E-state index is 0.0489. The molecule has 3 nitrogen and oxygen atoms in total. The van der Waals surface area contributed by atoms with Crippen LogP contribution in [0.4, 0.5) is 4.39 Å². The van der Waals surface area contributed by atoms with Gasteiger partial charge in [-0.25, -0.2) is 4.39 Å². The number of methoxy groups -OCH3 is 1. The summed E-state index contributed by atoms with van der Waals surface area (Å²) in [5, 5.41) is 9.22. The number of ether oxygens (including phenoxy) is 1. The van der Waals surface area contributed by atoms with Crippen LogP contribution in [0.25, 0.3) is 17.2 Å². The lowest BCUT2D eigenvalue weighted by atomic mass is 10.0. The standard InChI is InChI=1S/C20H17FO3/c1-12-17(9-13-3-5-14(21)6-4-13)16-8-7-15(24-2)10-19(16)18(12)11-20(22)23/h3-10H,11H2,1-2H3,(H,22,23)/b17-9-. The van der Waals surface area contributed by atoms with Gasteiger partial charge in [-0.1, -0.05) is 18.2 Å². The summed E-state index contributed by atoms with van der Waals surface area (Å²) in [6.07, 6.45) is 1.90. The Labute approximate surface area is 139 Å². The number of hydrogen-bond donors (Lipinski definition) is 1. The van der Waals surface area contributed by atoms with Crippen molar-refractivity contribution in [2.24, 2.45) is 0 Å². The van der Waals surface area contributed by atoms with E-state index in [9.17, 15) is 14.3 Å². The number of aliphatic carboxylic acids is 1. The number of hydrogen-bond acceptors (Lipinski definition) is 2. The number of allylic oxidation sites excluding steroid dienone is 2. The SMILES string of the molecule is COc1ccc2c(c1)C(CC(=O)O)=C(C)/C2=C/c1ccc(F)cc1. The average Bonchev–Trinajstić information content (AvgIpc) is 2.81. The number of carboxylic acids is 1. The lowest BCUT2D eigenvalue weighted by Crippen LogP contribution is -1.97. The minimum atomic E-state index is -0.874. The lowest BCUT2D eigenvalue weighted by Gasteiger charge is -2.07. The van der Waals surface area contributed by atoms with E-state index in [1.165, 1.54) is 12.1 Å². The largest absolute Gasteiger partial charge is 0.497 e. The van der Waals surface area contributed by atoms with Gasteiger partial charge in [-0.15, -0.1) is 0 Å². The van der Waals surface area contributed by atoms with Gasteiger partial charge in [0.15, 0.2) is 0 Å². The highest BCUT2D eigenvalue weighted by Crippen LogP contribution is 2.44. The monoisotopic (exact) mass is 324 g/mol. The van der Waals surface area contributed by atoms with Crippen LogP contribution in [0, 0.1) is 5.82 Å². The van der Waals surface area contributed by atoms with Gasteiger partial charge in [0.25, 0.3) is 0 Å². The van der Waals surface area contributed by atoms with Gasteiger partial charge in [0.2, 0.25) is 0 Å². The van der Waals surface area contributed by atoms with E-state index in [0.29, 0.717) is 5.75 Å². The van der Waals surface area contributed by atoms with Crippen LogP contribution in [0.2, 0.25) is 0 Å². The van der Waals surface area contributed by atoms with Crippen molar-refractivity contribution in [2.75, 3.05) is 7.11 Å². The lowest BCUT2D eigenvalue weighted by molar-refractivity contribution is -0.135. The molecule has 1 aliphatic rings. The molecule has 0 spiro atoms. The predicted octanol–water partition coefficient (Wildman–Crippen LogP) is 4.64. The zero-order chi connectivity index (χ0) is 17.3. The van der Waals surface area contributed by atoms with E-state index >= 15 is 0 Å². The fourth-order valence-electron chi connectivity index (χ4n) is 2.99. The molecule has 0 amide bonds. The van der Waals surface area contributed by atoms with E-state index < -0.39 is 5.97 Å². The van der Waals surface area contributed by atoms with Crippen LogP contribution in [0.15, 0.2) is 48.0 Å². The molecule has 24 heavy (non-hydrogen) atoms. The highest BCUT2D eigenvalue weighted by atomic mass is 19.1. The molecule has 0 heterocycles. The molecule has 0 radical (unpaired) electrons. The summed E-state index contributed by atoms with van der Waals surface area (Å²) in [4.78, 5) is 11.2. The summed E-state index contributed by atoms with van der Waals surface area (Å²) in [5.74, 6) is -0.471. The van der Waals surface area contributed by atoms with Gasteiger partial charge in [0.05, 0.1) is 13.5 Å². The van der Waals surface area contributed by atoms with Crippen molar-refractivity contribution >= 4 is 23.2 Å². The van der Waals surface area contributed by atoms with Crippen LogP contribution in [0.1, 0.15) is 30.0 Å². The normalized spacial score (nSPS) is 14.9. The maximum absolute atomic E-state index is 13.1. The van der Waals surface area contributed by atoms with Crippen LogP contribution in [-0.4, -0.2) is 18.2 Å². The zero-order valence-electron chi connectivity index (χ0n) is 13.5. The van der Waals surface area contributed by atoms with Gasteiger partial charge in [0.1, 0.15) is 11.6 Å². The van der Waals surface area contributed by atoms with E-state index in [2.05, 4.69) is 0 Å². The summed E-state index contributed by atoms with van der Waals surface area (Å²) in [7, 11) is 1.58. The Bertz CT molecular complexity index is 861. The van der Waals surface area contributed by atoms with E-state index in [1.54, 1.807) is 19.2 Å². The summed E-state index contributed by atoms with van der Waals surface area (Å²) in [5.41, 5.74) is 5.37. The first-order chi connectivity index (χ1) is 11.5. The molecule has 0 saturated heterocycles. The third kappa shape index (κ3) is 2.95. The predicted molar refractivity (Wildman–Crippen MR) is 92.1 cm³/mol. The summed E-state index contributed by atoms with van der Waals surface area (Å²) >= 11 is 0. The summed E-state index contributed by atoms with van der Waals surface area (Å²) < 4.78 is 18.4. The minimum Gasteiger partial charge on any atom is -0.497 e. The third-order valence-electron chi connectivity index (χ3n) is 4.21. The van der Waals surface area contributed by atoms with E-state index in [-0.39, 0.29) is 12.2 Å². The highest BCUT2D eigenvalue weighted by molar-refractivity contribution is 6.07. The maximum Gasteiger partial charge on any atom is 0.307 e. The van der Waals surface area contributed by atoms with E-state index in [0.717, 1.165) is 33.4 Å². The Morgan fingerprint density at radius 3 is 2.50 bits per heavy atom. The molecule has 2 aromatic carbocycles. The van der Waals surface area contributed by atoms with E-state index in [1.807, 2.05) is 31.2 Å². The van der Waals surface area contributed by atoms with Crippen molar-refractivity contribution in [2.45, 2.75) is 13.3 Å². The topological polar surface area (TPSA) is 46.5 Å². The Hall–Kier alpha value is -2.88. The second-order valence-electron chi connectivity index (χ2n) is 5.70. The van der Waals surface area contributed by atoms with Crippen molar-refractivity contribution in [3.8, 4) is 5.75 Å². The first-order valence-electron chi connectivity index (χ1n) is 7.57. The molecule has 4 heteroatoms. The molecule has 3 rings (SSSR count). The fraction of sp³-hybridized carbons (Fsp3) is 0.150. The Kier molecular flexibility index (Phi) is 4.21. The fourth-order valence-corrected chi connectivity index (χ4v) is 2.99. The molecule has 0 unspecified atom stereocenters. The van der Waals surface area contributed by atoms with Crippen LogP contribution < -0.4 is 4.74 Å². The van der Waals surface area contributed by atoms with Crippen molar-refractivity contribution in [1.82, 2.24) is 0 Å². The van der Waals surface area contributed by atoms with Crippen LogP contribution in [0.3, 0.4) is 0 Å². The Balaban J connectivity index is 2.15. The second kappa shape index (κ2) is 6.32. The molecular formula is C20H17FO3. The van der Waals surface area contributed by atoms with E-state index in [4.69, 9.17) is 4.74 Å². The molecule has 0 saturated carbocycles. The molecule has 0 atom stereocenters. The van der Waals surface area contributed by atoms with Crippen molar-refractivity contribution in [1.29, 1.82) is 0 Å². The number of benzene rings is 2. The maximum atomic E-state index is 13.1. The Morgan fingerprint density at radius 2 is 1.88 bits per heavy atom. The molecule has 0 aliphatic heterocycles. The number of carbonyl (C=O) groups is 1. The number of fused-ring (bicyclic) bond motifs is 1. The van der Waals surface area contributed by atoms with Gasteiger partial charge < -0.3 is 9.84 Å². The van der Waals surface area contributed by atoms with Crippen molar-refractivity contribution in [3.63, 3.8) is 0 Å². The molecule has 0 fully saturated rings. The molecule has 1 aliphatic carbocycles. The van der Waals surface area contributed by atoms with Crippen LogP contribution >= 0.6 is 0 Å².